The fourth-order valence-electron chi connectivity index (χ4n) is 2.99. The molecular formula is C21H21BrN2. The number of benzene rings is 2. The summed E-state index contributed by atoms with van der Waals surface area (Å²) in [5.74, 6) is 0. The molecule has 0 saturated carbocycles. The molecular weight excluding hydrogens is 360 g/mol. The van der Waals surface area contributed by atoms with E-state index in [4.69, 9.17) is 0 Å². The molecule has 1 heterocycles. The van der Waals surface area contributed by atoms with Gasteiger partial charge in [-0.25, -0.2) is 0 Å². The summed E-state index contributed by atoms with van der Waals surface area (Å²) in [4.78, 5) is 4.61. The molecule has 0 spiro atoms. The highest BCUT2D eigenvalue weighted by atomic mass is 79.9. The summed E-state index contributed by atoms with van der Waals surface area (Å²) in [6.07, 6.45) is 2.98. The van der Waals surface area contributed by atoms with Gasteiger partial charge in [0, 0.05) is 33.3 Å². The maximum atomic E-state index is 4.61. The number of hydrogen-bond donors (Lipinski definition) is 0. The average Bonchev–Trinajstić information content (AvgIpc) is 2.88. The second-order valence-electron chi connectivity index (χ2n) is 5.88. The van der Waals surface area contributed by atoms with Crippen molar-refractivity contribution < 1.29 is 0 Å². The van der Waals surface area contributed by atoms with Crippen LogP contribution in [-0.2, 0) is 6.42 Å². The Morgan fingerprint density at radius 1 is 1.04 bits per heavy atom. The zero-order valence-corrected chi connectivity index (χ0v) is 15.8. The predicted octanol–water partition coefficient (Wildman–Crippen LogP) is 6.17. The topological polar surface area (TPSA) is 17.3 Å². The van der Waals surface area contributed by atoms with Crippen LogP contribution in [0.2, 0.25) is 0 Å². The predicted molar refractivity (Wildman–Crippen MR) is 106 cm³/mol. The van der Waals surface area contributed by atoms with Crippen LogP contribution in [0.3, 0.4) is 0 Å². The minimum atomic E-state index is 0.956. The smallest absolute Gasteiger partial charge is 0.0630 e. The van der Waals surface area contributed by atoms with Crippen LogP contribution in [-0.4, -0.2) is 10.8 Å². The fourth-order valence-corrected chi connectivity index (χ4v) is 3.25. The zero-order chi connectivity index (χ0) is 17.1. The molecule has 3 rings (SSSR count). The van der Waals surface area contributed by atoms with Crippen LogP contribution < -0.4 is 0 Å². The summed E-state index contributed by atoms with van der Waals surface area (Å²) in [6.45, 7) is 6.50. The highest BCUT2D eigenvalue weighted by Gasteiger charge is 2.11. The Hall–Kier alpha value is -2.13. The second kappa shape index (κ2) is 7.18. The van der Waals surface area contributed by atoms with E-state index in [1.54, 1.807) is 0 Å². The molecule has 0 aliphatic heterocycles. The van der Waals surface area contributed by atoms with Gasteiger partial charge in [0.1, 0.15) is 0 Å². The van der Waals surface area contributed by atoms with Crippen molar-refractivity contribution in [1.82, 2.24) is 4.57 Å². The van der Waals surface area contributed by atoms with Gasteiger partial charge in [-0.1, -0.05) is 41.1 Å². The second-order valence-corrected chi connectivity index (χ2v) is 6.79. The first-order valence-corrected chi connectivity index (χ1v) is 8.96. The molecule has 0 unspecified atom stereocenters. The van der Waals surface area contributed by atoms with E-state index < -0.39 is 0 Å². The van der Waals surface area contributed by atoms with E-state index in [1.807, 2.05) is 30.5 Å². The van der Waals surface area contributed by atoms with Crippen molar-refractivity contribution in [2.75, 3.05) is 0 Å². The molecule has 0 bridgehead atoms. The molecule has 0 radical (unpaired) electrons. The van der Waals surface area contributed by atoms with Crippen LogP contribution in [0.15, 0.2) is 64.1 Å². The van der Waals surface area contributed by atoms with Gasteiger partial charge in [-0.3, -0.25) is 4.99 Å². The summed E-state index contributed by atoms with van der Waals surface area (Å²) in [6, 6.07) is 18.8. The van der Waals surface area contributed by atoms with Gasteiger partial charge < -0.3 is 4.57 Å². The lowest BCUT2D eigenvalue weighted by Gasteiger charge is -2.13. The van der Waals surface area contributed by atoms with E-state index in [0.717, 1.165) is 22.1 Å². The Bertz CT molecular complexity index is 873. The molecule has 1 aromatic heterocycles. The third-order valence-corrected chi connectivity index (χ3v) is 4.79. The number of nitrogens with zero attached hydrogens (tertiary/aromatic N) is 2. The molecule has 0 saturated heterocycles. The van der Waals surface area contributed by atoms with Gasteiger partial charge >= 0.3 is 0 Å². The van der Waals surface area contributed by atoms with Gasteiger partial charge in [-0.15, -0.1) is 0 Å². The number of aliphatic imine (C=N–C) groups is 1. The van der Waals surface area contributed by atoms with E-state index in [2.05, 4.69) is 76.6 Å². The largest absolute Gasteiger partial charge is 0.318 e. The summed E-state index contributed by atoms with van der Waals surface area (Å²) in [5, 5.41) is 0. The zero-order valence-electron chi connectivity index (χ0n) is 14.3. The Balaban J connectivity index is 1.99. The maximum absolute atomic E-state index is 4.61. The van der Waals surface area contributed by atoms with Gasteiger partial charge in [-0.2, -0.15) is 0 Å². The molecule has 0 atom stereocenters. The average molecular weight is 381 g/mol. The molecule has 0 amide bonds. The first-order chi connectivity index (χ1) is 11.6. The van der Waals surface area contributed by atoms with Crippen molar-refractivity contribution in [2.24, 2.45) is 4.99 Å². The lowest BCUT2D eigenvalue weighted by atomic mass is 10.1. The van der Waals surface area contributed by atoms with E-state index in [0.29, 0.717) is 0 Å². The molecule has 0 aliphatic rings. The molecule has 3 heteroatoms. The normalized spacial score (nSPS) is 11.3. The van der Waals surface area contributed by atoms with Crippen molar-refractivity contribution in [1.29, 1.82) is 0 Å². The number of aromatic nitrogens is 1. The minimum absolute atomic E-state index is 0.956. The first kappa shape index (κ1) is 16.7. The number of aryl methyl sites for hydroxylation is 2. The summed E-state index contributed by atoms with van der Waals surface area (Å²) >= 11 is 3.45. The van der Waals surface area contributed by atoms with Crippen molar-refractivity contribution in [3.63, 3.8) is 0 Å². The van der Waals surface area contributed by atoms with E-state index >= 15 is 0 Å². The molecule has 2 aromatic carbocycles. The molecule has 0 aliphatic carbocycles. The maximum Gasteiger partial charge on any atom is 0.0630 e. The molecule has 0 fully saturated rings. The van der Waals surface area contributed by atoms with Crippen LogP contribution in [0.4, 0.5) is 5.69 Å². The number of para-hydroxylation sites is 1. The SMILES string of the molecule is CCc1ccccc1-n1c(C)cc(C=Nc2ccc(Br)cc2)c1C. The lowest BCUT2D eigenvalue weighted by Crippen LogP contribution is -2.03. The van der Waals surface area contributed by atoms with Crippen LogP contribution >= 0.6 is 15.9 Å². The lowest BCUT2D eigenvalue weighted by molar-refractivity contribution is 0.937. The standard InChI is InChI=1S/C21H21BrN2/c1-4-17-7-5-6-8-21(17)24-15(2)13-18(16(24)3)14-23-20-11-9-19(22)10-12-20/h5-14H,4H2,1-3H3. The van der Waals surface area contributed by atoms with E-state index in [9.17, 15) is 0 Å². The minimum Gasteiger partial charge on any atom is -0.318 e. The third kappa shape index (κ3) is 3.36. The summed E-state index contributed by atoms with van der Waals surface area (Å²) in [5.41, 5.74) is 7.17. The molecule has 2 nitrogen and oxygen atoms in total. The highest BCUT2D eigenvalue weighted by molar-refractivity contribution is 9.10. The quantitative estimate of drug-likeness (QED) is 0.481. The Kier molecular flexibility index (Phi) is 5.00. The summed E-state index contributed by atoms with van der Waals surface area (Å²) in [7, 11) is 0. The van der Waals surface area contributed by atoms with E-state index in [-0.39, 0.29) is 0 Å². The molecule has 3 aromatic rings. The van der Waals surface area contributed by atoms with Gasteiger partial charge in [0.05, 0.1) is 5.69 Å². The number of rotatable bonds is 4. The van der Waals surface area contributed by atoms with Gasteiger partial charge in [0.2, 0.25) is 0 Å². The van der Waals surface area contributed by atoms with Crippen LogP contribution in [0.5, 0.6) is 0 Å². The molecule has 24 heavy (non-hydrogen) atoms. The highest BCUT2D eigenvalue weighted by Crippen LogP contribution is 2.24. The Labute approximate surface area is 152 Å². The van der Waals surface area contributed by atoms with Crippen molar-refractivity contribution >= 4 is 27.8 Å². The van der Waals surface area contributed by atoms with Crippen LogP contribution in [0.1, 0.15) is 29.4 Å². The van der Waals surface area contributed by atoms with E-state index in [1.165, 1.54) is 22.6 Å². The summed E-state index contributed by atoms with van der Waals surface area (Å²) < 4.78 is 3.39. The van der Waals surface area contributed by atoms with Crippen molar-refractivity contribution in [3.05, 3.63) is 81.6 Å². The first-order valence-electron chi connectivity index (χ1n) is 8.17. The Morgan fingerprint density at radius 2 is 1.75 bits per heavy atom. The van der Waals surface area contributed by atoms with Crippen molar-refractivity contribution in [2.45, 2.75) is 27.2 Å². The number of hydrogen-bond acceptors (Lipinski definition) is 1. The van der Waals surface area contributed by atoms with Crippen LogP contribution in [0.25, 0.3) is 5.69 Å². The van der Waals surface area contributed by atoms with Gasteiger partial charge in [0.15, 0.2) is 0 Å². The molecule has 0 N–H and O–H groups in total. The Morgan fingerprint density at radius 3 is 2.46 bits per heavy atom. The van der Waals surface area contributed by atoms with Gasteiger partial charge in [-0.05, 0) is 62.2 Å². The molecule has 122 valence electrons. The van der Waals surface area contributed by atoms with Gasteiger partial charge in [0.25, 0.3) is 0 Å². The van der Waals surface area contributed by atoms with Crippen molar-refractivity contribution in [3.8, 4) is 5.69 Å². The number of halogens is 1. The fraction of sp³-hybridized carbons (Fsp3) is 0.190. The van der Waals surface area contributed by atoms with Crippen LogP contribution in [0, 0.1) is 13.8 Å². The third-order valence-electron chi connectivity index (χ3n) is 4.26. The monoisotopic (exact) mass is 380 g/mol.